The summed E-state index contributed by atoms with van der Waals surface area (Å²) in [5, 5.41) is 16.8. The third-order valence-corrected chi connectivity index (χ3v) is 6.43. The van der Waals surface area contributed by atoms with E-state index in [1.54, 1.807) is 18.0 Å². The van der Waals surface area contributed by atoms with Gasteiger partial charge < -0.3 is 15.0 Å². The lowest BCUT2D eigenvalue weighted by Gasteiger charge is -2.14. The van der Waals surface area contributed by atoms with Gasteiger partial charge in [0.1, 0.15) is 12.1 Å². The number of hydrogen-bond donors (Lipinski definition) is 1. The molecule has 37 heavy (non-hydrogen) atoms. The number of hydrogen-bond acceptors (Lipinski definition) is 8. The van der Waals surface area contributed by atoms with Gasteiger partial charge in [0, 0.05) is 12.1 Å². The van der Waals surface area contributed by atoms with E-state index in [9.17, 15) is 4.79 Å². The average molecular weight is 499 g/mol. The van der Waals surface area contributed by atoms with Crippen LogP contribution in [0.15, 0.2) is 71.3 Å². The number of ether oxygens (including phenoxy) is 1. The summed E-state index contributed by atoms with van der Waals surface area (Å²) < 4.78 is 6.95. The number of methoxy groups -OCH3 is 1. The summed E-state index contributed by atoms with van der Waals surface area (Å²) in [7, 11) is 1.63. The third-order valence-electron chi connectivity index (χ3n) is 6.43. The van der Waals surface area contributed by atoms with Crippen LogP contribution in [-0.2, 0) is 6.54 Å². The molecule has 0 bridgehead atoms. The minimum atomic E-state index is -0.0492. The van der Waals surface area contributed by atoms with E-state index in [2.05, 4.69) is 35.5 Å². The number of nitrogens with zero attached hydrogens (tertiary/aromatic N) is 7. The first-order valence-corrected chi connectivity index (χ1v) is 12.5. The molecule has 2 aromatic carbocycles. The minimum absolute atomic E-state index is 0.0492. The van der Waals surface area contributed by atoms with Crippen LogP contribution >= 0.6 is 0 Å². The predicted octanol–water partition coefficient (Wildman–Crippen LogP) is 4.32. The van der Waals surface area contributed by atoms with Crippen molar-refractivity contribution in [3.8, 4) is 11.4 Å². The second kappa shape index (κ2) is 11.7. The molecular formula is C27H30N8O2. The molecule has 1 aliphatic heterocycles. The summed E-state index contributed by atoms with van der Waals surface area (Å²) in [5.41, 5.74) is 3.09. The van der Waals surface area contributed by atoms with Crippen LogP contribution in [-0.4, -0.2) is 63.8 Å². The molecule has 10 nitrogen and oxygen atoms in total. The van der Waals surface area contributed by atoms with Crippen LogP contribution < -0.4 is 10.1 Å². The standard InChI is InChI=1S/C27H30N8O2/c1-37-23-11-9-22(10-12-23)35-26-24(18-32-35)25(29-19-30-26)33-31-17-20-5-7-21(8-6-20)27(36)28-13-4-16-34-14-2-3-15-34/h5-12,18-19H,2-4,13-17H2,1H3,(H,28,36). The monoisotopic (exact) mass is 498 g/mol. The highest BCUT2D eigenvalue weighted by atomic mass is 16.5. The number of fused-ring (bicyclic) bond motifs is 1. The Morgan fingerprint density at radius 2 is 1.84 bits per heavy atom. The van der Waals surface area contributed by atoms with Gasteiger partial charge in [0.25, 0.3) is 5.91 Å². The van der Waals surface area contributed by atoms with Crippen molar-refractivity contribution in [3.05, 3.63) is 72.2 Å². The maximum absolute atomic E-state index is 12.4. The number of nitrogens with one attached hydrogen (secondary N) is 1. The number of amides is 1. The Morgan fingerprint density at radius 3 is 2.59 bits per heavy atom. The summed E-state index contributed by atoms with van der Waals surface area (Å²) in [4.78, 5) is 23.5. The molecule has 1 saturated heterocycles. The number of azo groups is 1. The molecule has 10 heteroatoms. The number of carbonyl (C=O) groups is 1. The van der Waals surface area contributed by atoms with E-state index < -0.39 is 0 Å². The van der Waals surface area contributed by atoms with Gasteiger partial charge >= 0.3 is 0 Å². The van der Waals surface area contributed by atoms with Gasteiger partial charge in [-0.15, -0.1) is 5.11 Å². The summed E-state index contributed by atoms with van der Waals surface area (Å²) in [6, 6.07) is 15.0. The molecule has 0 spiro atoms. The molecule has 5 rings (SSSR count). The molecule has 1 fully saturated rings. The van der Waals surface area contributed by atoms with E-state index in [-0.39, 0.29) is 5.91 Å². The molecule has 0 aliphatic carbocycles. The third kappa shape index (κ3) is 5.97. The van der Waals surface area contributed by atoms with Crippen molar-refractivity contribution < 1.29 is 9.53 Å². The van der Waals surface area contributed by atoms with Crippen LogP contribution in [0, 0.1) is 0 Å². The SMILES string of the molecule is COc1ccc(-n2ncc3c(N=NCc4ccc(C(=O)NCCCN5CCCC5)cc4)ncnc32)cc1. The Bertz CT molecular complexity index is 1360. The van der Waals surface area contributed by atoms with Crippen molar-refractivity contribution in [2.75, 3.05) is 33.3 Å². The van der Waals surface area contributed by atoms with E-state index in [0.717, 1.165) is 30.0 Å². The largest absolute Gasteiger partial charge is 0.497 e. The van der Waals surface area contributed by atoms with Gasteiger partial charge in [-0.25, -0.2) is 14.6 Å². The first-order valence-electron chi connectivity index (χ1n) is 12.5. The average Bonchev–Trinajstić information content (AvgIpc) is 3.62. The van der Waals surface area contributed by atoms with Crippen LogP contribution in [0.3, 0.4) is 0 Å². The Morgan fingerprint density at radius 1 is 1.05 bits per heavy atom. The highest BCUT2D eigenvalue weighted by Gasteiger charge is 2.12. The van der Waals surface area contributed by atoms with Crippen molar-refractivity contribution in [1.82, 2.24) is 30.0 Å². The van der Waals surface area contributed by atoms with Gasteiger partial charge in [-0.2, -0.15) is 10.2 Å². The molecule has 1 aliphatic rings. The summed E-state index contributed by atoms with van der Waals surface area (Å²) in [6.07, 6.45) is 6.69. The molecule has 0 unspecified atom stereocenters. The van der Waals surface area contributed by atoms with Gasteiger partial charge in [-0.05, 0) is 80.9 Å². The van der Waals surface area contributed by atoms with Crippen molar-refractivity contribution in [2.45, 2.75) is 25.8 Å². The number of benzene rings is 2. The van der Waals surface area contributed by atoms with E-state index in [1.165, 1.54) is 32.3 Å². The Hall–Kier alpha value is -4.18. The highest BCUT2D eigenvalue weighted by molar-refractivity contribution is 5.94. The molecule has 0 atom stereocenters. The number of carbonyl (C=O) groups excluding carboxylic acids is 1. The van der Waals surface area contributed by atoms with E-state index >= 15 is 0 Å². The smallest absolute Gasteiger partial charge is 0.251 e. The number of rotatable bonds is 10. The fourth-order valence-corrected chi connectivity index (χ4v) is 4.38. The molecule has 0 saturated carbocycles. The Kier molecular flexibility index (Phi) is 7.75. The van der Waals surface area contributed by atoms with Crippen LogP contribution in [0.2, 0.25) is 0 Å². The lowest BCUT2D eigenvalue weighted by Crippen LogP contribution is -2.28. The molecule has 2 aromatic heterocycles. The molecule has 0 radical (unpaired) electrons. The quantitative estimate of drug-likeness (QED) is 0.258. The van der Waals surface area contributed by atoms with E-state index in [1.807, 2.05) is 48.5 Å². The second-order valence-corrected chi connectivity index (χ2v) is 8.94. The Labute approximate surface area is 215 Å². The van der Waals surface area contributed by atoms with Crippen molar-refractivity contribution in [1.29, 1.82) is 0 Å². The maximum Gasteiger partial charge on any atom is 0.251 e. The topological polar surface area (TPSA) is 110 Å². The van der Waals surface area contributed by atoms with Crippen molar-refractivity contribution >= 4 is 22.8 Å². The van der Waals surface area contributed by atoms with Gasteiger partial charge in [0.15, 0.2) is 11.5 Å². The number of aromatic nitrogens is 4. The zero-order chi connectivity index (χ0) is 25.5. The minimum Gasteiger partial charge on any atom is -0.497 e. The normalized spacial score (nSPS) is 14.0. The lowest BCUT2D eigenvalue weighted by molar-refractivity contribution is 0.0952. The summed E-state index contributed by atoms with van der Waals surface area (Å²) in [6.45, 7) is 4.47. The van der Waals surface area contributed by atoms with Gasteiger partial charge in [0.05, 0.1) is 30.9 Å². The summed E-state index contributed by atoms with van der Waals surface area (Å²) >= 11 is 0. The summed E-state index contributed by atoms with van der Waals surface area (Å²) in [5.74, 6) is 1.17. The fraction of sp³-hybridized carbons (Fsp3) is 0.333. The van der Waals surface area contributed by atoms with Crippen molar-refractivity contribution in [2.24, 2.45) is 10.2 Å². The molecular weight excluding hydrogens is 468 g/mol. The molecule has 1 N–H and O–H groups in total. The second-order valence-electron chi connectivity index (χ2n) is 8.94. The van der Waals surface area contributed by atoms with Crippen LogP contribution in [0.1, 0.15) is 35.2 Å². The van der Waals surface area contributed by atoms with E-state index in [4.69, 9.17) is 4.74 Å². The molecule has 4 aromatic rings. The molecule has 3 heterocycles. The van der Waals surface area contributed by atoms with Crippen LogP contribution in [0.5, 0.6) is 5.75 Å². The maximum atomic E-state index is 12.4. The zero-order valence-electron chi connectivity index (χ0n) is 20.9. The predicted molar refractivity (Wildman–Crippen MR) is 140 cm³/mol. The van der Waals surface area contributed by atoms with Gasteiger partial charge in [0.2, 0.25) is 0 Å². The van der Waals surface area contributed by atoms with Crippen molar-refractivity contribution in [3.63, 3.8) is 0 Å². The van der Waals surface area contributed by atoms with Crippen LogP contribution in [0.25, 0.3) is 16.7 Å². The first kappa shape index (κ1) is 24.5. The molecule has 1 amide bonds. The van der Waals surface area contributed by atoms with E-state index in [0.29, 0.717) is 35.5 Å². The van der Waals surface area contributed by atoms with Crippen LogP contribution in [0.4, 0.5) is 5.82 Å². The number of likely N-dealkylation sites (tertiary alicyclic amines) is 1. The van der Waals surface area contributed by atoms with Gasteiger partial charge in [-0.3, -0.25) is 4.79 Å². The lowest BCUT2D eigenvalue weighted by atomic mass is 10.1. The highest BCUT2D eigenvalue weighted by Crippen LogP contribution is 2.25. The van der Waals surface area contributed by atoms with Gasteiger partial charge in [-0.1, -0.05) is 12.1 Å². The Balaban J connectivity index is 1.17. The first-order chi connectivity index (χ1) is 18.2. The zero-order valence-corrected chi connectivity index (χ0v) is 20.9. The fourth-order valence-electron chi connectivity index (χ4n) is 4.38. The molecule has 190 valence electrons.